The smallest absolute Gasteiger partial charge is 0.232 e. The molecule has 0 amide bonds. The number of hydrogen-bond donors (Lipinski definition) is 0. The first kappa shape index (κ1) is 44.1. The maximum Gasteiger partial charge on any atom is 0.232 e. The molecule has 12 aromatic carbocycles. The quantitative estimate of drug-likeness (QED) is 0.164. The zero-order valence-corrected chi connectivity index (χ0v) is 43.7. The van der Waals surface area contributed by atoms with Crippen molar-refractivity contribution in [3.8, 4) is 34.3 Å². The van der Waals surface area contributed by atoms with Crippen molar-refractivity contribution >= 4 is 159 Å². The molecule has 382 valence electrons. The molecule has 0 unspecified atom stereocenters. The van der Waals surface area contributed by atoms with Gasteiger partial charge in [0.25, 0.3) is 0 Å². The van der Waals surface area contributed by atoms with E-state index in [1.165, 1.54) is 0 Å². The molecule has 0 N–H and O–H groups in total. The van der Waals surface area contributed by atoms with Crippen LogP contribution in [0.5, 0.6) is 0 Å². The van der Waals surface area contributed by atoms with Crippen LogP contribution in [0.4, 0.5) is 5.69 Å². The third-order valence-corrected chi connectivity index (χ3v) is 17.5. The van der Waals surface area contributed by atoms with Crippen molar-refractivity contribution in [1.29, 1.82) is 5.26 Å². The highest BCUT2D eigenvalue weighted by molar-refractivity contribution is 6.29. The predicted molar refractivity (Wildman–Crippen MR) is 335 cm³/mol. The second-order valence-corrected chi connectivity index (χ2v) is 21.5. The van der Waals surface area contributed by atoms with Crippen molar-refractivity contribution in [3.05, 3.63) is 241 Å². The maximum absolute atomic E-state index is 12.7. The van der Waals surface area contributed by atoms with E-state index in [-0.39, 0.29) is 11.3 Å². The third-order valence-electron chi connectivity index (χ3n) is 17.5. The van der Waals surface area contributed by atoms with Crippen molar-refractivity contribution in [2.24, 2.45) is 0 Å². The van der Waals surface area contributed by atoms with Gasteiger partial charge in [-0.3, -0.25) is 0 Å². The summed E-state index contributed by atoms with van der Waals surface area (Å²) in [5, 5.41) is 25.9. The molecule has 0 aliphatic heterocycles. The lowest BCUT2D eigenvalue weighted by Crippen LogP contribution is -2.12. The number of para-hydroxylation sites is 8. The van der Waals surface area contributed by atoms with Gasteiger partial charge in [0.15, 0.2) is 0 Å². The molecule has 19 aromatic rings. The molecule has 0 atom stereocenters. The van der Waals surface area contributed by atoms with Crippen LogP contribution in [0, 0.1) is 17.9 Å². The van der Waals surface area contributed by atoms with Gasteiger partial charge in [-0.25, -0.2) is 4.85 Å². The maximum atomic E-state index is 12.7. The molecule has 9 heteroatoms. The second kappa shape index (κ2) is 16.0. The van der Waals surface area contributed by atoms with Crippen LogP contribution in [0.2, 0.25) is 0 Å². The molecule has 0 saturated carbocycles. The van der Waals surface area contributed by atoms with Crippen molar-refractivity contribution < 1.29 is 17.7 Å². The minimum atomic E-state index is 0.163. The van der Waals surface area contributed by atoms with Crippen LogP contribution < -0.4 is 0 Å². The first-order valence-corrected chi connectivity index (χ1v) is 27.6. The molecule has 0 saturated heterocycles. The zero-order valence-electron chi connectivity index (χ0n) is 43.7. The van der Waals surface area contributed by atoms with Gasteiger partial charge in [-0.15, -0.1) is 0 Å². The highest BCUT2D eigenvalue weighted by Gasteiger charge is 2.36. The Morgan fingerprint density at radius 2 is 0.699 bits per heavy atom. The first-order valence-electron chi connectivity index (χ1n) is 27.6. The molecule has 83 heavy (non-hydrogen) atoms. The van der Waals surface area contributed by atoms with Gasteiger partial charge in [0.2, 0.25) is 5.69 Å². The molecule has 0 bridgehead atoms. The molecular weight excluding hydrogens is 1020 g/mol. The summed E-state index contributed by atoms with van der Waals surface area (Å²) in [5.74, 6) is 0. The van der Waals surface area contributed by atoms with E-state index in [4.69, 9.17) is 22.5 Å². The van der Waals surface area contributed by atoms with Gasteiger partial charge in [-0.1, -0.05) is 146 Å². The lowest BCUT2D eigenvalue weighted by Gasteiger charge is -2.27. The third kappa shape index (κ3) is 5.57. The van der Waals surface area contributed by atoms with E-state index in [1.807, 2.05) is 72.8 Å². The lowest BCUT2D eigenvalue weighted by atomic mass is 9.92. The number of hydrogen-bond acceptors (Lipinski definition) is 5. The Labute approximate surface area is 468 Å². The number of benzene rings is 12. The highest BCUT2D eigenvalue weighted by atomic mass is 16.3. The predicted octanol–water partition coefficient (Wildman–Crippen LogP) is 20.7. The minimum Gasteiger partial charge on any atom is -0.456 e. The molecular formula is C74H37N5O4. The average molecular weight is 1060 g/mol. The molecule has 7 heterocycles. The highest BCUT2D eigenvalue weighted by Crippen LogP contribution is 2.56. The van der Waals surface area contributed by atoms with Crippen molar-refractivity contribution in [2.45, 2.75) is 0 Å². The van der Waals surface area contributed by atoms with E-state index in [9.17, 15) is 11.8 Å². The Kier molecular flexibility index (Phi) is 8.48. The van der Waals surface area contributed by atoms with Gasteiger partial charge in [-0.2, -0.15) is 5.26 Å². The topological polar surface area (TPSA) is 95.5 Å². The Morgan fingerprint density at radius 3 is 1.14 bits per heavy atom. The summed E-state index contributed by atoms with van der Waals surface area (Å²) in [6, 6.07) is 79.6. The molecule has 7 aromatic heterocycles. The summed E-state index contributed by atoms with van der Waals surface area (Å²) in [5.41, 5.74) is 14.3. The largest absolute Gasteiger partial charge is 0.456 e. The van der Waals surface area contributed by atoms with E-state index in [0.29, 0.717) is 45.0 Å². The van der Waals surface area contributed by atoms with Crippen LogP contribution >= 0.6 is 0 Å². The molecule has 0 aliphatic carbocycles. The normalized spacial score (nSPS) is 12.3. The van der Waals surface area contributed by atoms with Gasteiger partial charge in [-0.05, 0) is 78.9 Å². The molecule has 0 fully saturated rings. The van der Waals surface area contributed by atoms with Crippen molar-refractivity contribution in [3.63, 3.8) is 0 Å². The van der Waals surface area contributed by atoms with Crippen LogP contribution in [0.1, 0.15) is 5.56 Å². The SMILES string of the molecule is [C-]#[N+]c1c(C#N)c(-n2c3ccccc3c3ccc4oc5ccccc5c4c32)c(-c2cccc3c2oc2ccccc23)c(-n2c3ccccc3c3ccc4oc5ccccc5c4c32)c1-n1c2ccccc2c2ccc3oc4ccccc4c3c21. The van der Waals surface area contributed by atoms with Crippen molar-refractivity contribution in [1.82, 2.24) is 13.7 Å². The fourth-order valence-electron chi connectivity index (χ4n) is 14.3. The standard InChI is InChI=1S/C74H37N5O4/c1-76-67-52(39-75)71(77-53-26-9-2-17-40(53)44-33-36-60-63(68(44)77)48-21-6-13-30-57(48)80-60)66(51-25-16-24-47-43-20-5-12-29-56(43)83-74(47)51)72(78-54-27-10-3-18-41(54)45-34-37-61-64(69(45)78)49-22-7-14-31-58(49)81-61)73(67)79-55-28-11-4-19-42(55)46-35-38-62-65(70(46)79)50-23-8-15-32-59(50)82-62/h2-38H. The van der Waals surface area contributed by atoms with Gasteiger partial charge in [0.05, 0.1) is 84.5 Å². The summed E-state index contributed by atoms with van der Waals surface area (Å²) in [6.45, 7) is 9.89. The number of fused-ring (bicyclic) bond motifs is 24. The Balaban J connectivity index is 1.17. The van der Waals surface area contributed by atoms with Crippen LogP contribution in [0.15, 0.2) is 242 Å². The zero-order chi connectivity index (χ0) is 54.3. The first-order chi connectivity index (χ1) is 41.1. The van der Waals surface area contributed by atoms with Crippen LogP contribution in [0.25, 0.3) is 186 Å². The van der Waals surface area contributed by atoms with E-state index >= 15 is 0 Å². The van der Waals surface area contributed by atoms with Gasteiger partial charge in [0.1, 0.15) is 44.7 Å². The van der Waals surface area contributed by atoms with Gasteiger partial charge < -0.3 is 31.4 Å². The van der Waals surface area contributed by atoms with E-state index in [2.05, 4.69) is 171 Å². The molecule has 9 nitrogen and oxygen atoms in total. The Bertz CT molecular complexity index is 6230. The number of rotatable bonds is 4. The van der Waals surface area contributed by atoms with Gasteiger partial charge >= 0.3 is 0 Å². The summed E-state index contributed by atoms with van der Waals surface area (Å²) < 4.78 is 34.5. The summed E-state index contributed by atoms with van der Waals surface area (Å²) >= 11 is 0. The van der Waals surface area contributed by atoms with E-state index < -0.39 is 0 Å². The second-order valence-electron chi connectivity index (χ2n) is 21.5. The fraction of sp³-hybridized carbons (Fsp3) is 0. The van der Waals surface area contributed by atoms with Crippen molar-refractivity contribution in [2.75, 3.05) is 0 Å². The van der Waals surface area contributed by atoms with E-state index in [1.54, 1.807) is 0 Å². The summed E-state index contributed by atoms with van der Waals surface area (Å²) in [7, 11) is 0. The minimum absolute atomic E-state index is 0.163. The van der Waals surface area contributed by atoms with E-state index in [0.717, 1.165) is 136 Å². The van der Waals surface area contributed by atoms with Crippen LogP contribution in [-0.4, -0.2) is 13.7 Å². The Morgan fingerprint density at radius 1 is 0.325 bits per heavy atom. The molecule has 19 rings (SSSR count). The average Bonchev–Trinajstić information content (AvgIpc) is 2.18. The fourth-order valence-corrected chi connectivity index (χ4v) is 14.3. The molecule has 0 spiro atoms. The lowest BCUT2D eigenvalue weighted by molar-refractivity contribution is 0.668. The Hall–Kier alpha value is -11.8. The van der Waals surface area contributed by atoms with Crippen LogP contribution in [-0.2, 0) is 0 Å². The van der Waals surface area contributed by atoms with Crippen LogP contribution in [0.3, 0.4) is 0 Å². The monoisotopic (exact) mass is 1060 g/mol. The summed E-state index contributed by atoms with van der Waals surface area (Å²) in [6.07, 6.45) is 0. The molecule has 0 aliphatic rings. The summed E-state index contributed by atoms with van der Waals surface area (Å²) in [4.78, 5) is 4.73. The number of furan rings is 4. The number of aromatic nitrogens is 3. The number of nitrogens with zero attached hydrogens (tertiary/aromatic N) is 5. The number of nitriles is 1. The molecule has 0 radical (unpaired) electrons. The van der Waals surface area contributed by atoms with Gasteiger partial charge in [0, 0.05) is 70.4 Å².